The van der Waals surface area contributed by atoms with Crippen LogP contribution in [0.1, 0.15) is 41.7 Å². The zero-order valence-electron chi connectivity index (χ0n) is 16.7. The molecule has 2 aromatic rings. The van der Waals surface area contributed by atoms with Gasteiger partial charge < -0.3 is 16.4 Å². The maximum Gasteiger partial charge on any atom is 0.276 e. The molecule has 0 aromatic carbocycles. The fourth-order valence-electron chi connectivity index (χ4n) is 4.68. The summed E-state index contributed by atoms with van der Waals surface area (Å²) >= 11 is 6.20. The van der Waals surface area contributed by atoms with Crippen molar-refractivity contribution in [3.8, 4) is 0 Å². The van der Waals surface area contributed by atoms with Crippen LogP contribution in [0.2, 0.25) is 5.02 Å². The van der Waals surface area contributed by atoms with E-state index < -0.39 is 5.66 Å². The number of amides is 1. The van der Waals surface area contributed by atoms with Crippen LogP contribution >= 0.6 is 11.6 Å². The summed E-state index contributed by atoms with van der Waals surface area (Å²) in [4.78, 5) is 36.7. The standard InChI is InChI=1S/C20H24ClN7O2/c1-11-7-13(25-17-14(21)16(22)23-10-24-17)19(30)28-15(11)18(29)26-20(28)5-2-6-27(9-20)8-12-3-4-12/h7,10,12H,2-6,8-9H2,1H3,(H,26,29)(H3,22,23,24,25). The van der Waals surface area contributed by atoms with Gasteiger partial charge in [0.05, 0.1) is 0 Å². The Kier molecular flexibility index (Phi) is 4.48. The molecule has 158 valence electrons. The van der Waals surface area contributed by atoms with Crippen molar-refractivity contribution in [2.24, 2.45) is 5.92 Å². The van der Waals surface area contributed by atoms with Gasteiger partial charge in [0.15, 0.2) is 5.82 Å². The van der Waals surface area contributed by atoms with Crippen molar-refractivity contribution >= 4 is 34.8 Å². The van der Waals surface area contributed by atoms with Crippen molar-refractivity contribution in [3.05, 3.63) is 39.0 Å². The molecule has 10 heteroatoms. The van der Waals surface area contributed by atoms with E-state index in [-0.39, 0.29) is 28.1 Å². The van der Waals surface area contributed by atoms with Crippen molar-refractivity contribution in [2.45, 2.75) is 38.3 Å². The minimum Gasteiger partial charge on any atom is -0.382 e. The van der Waals surface area contributed by atoms with Gasteiger partial charge in [-0.25, -0.2) is 9.97 Å². The first-order valence-electron chi connectivity index (χ1n) is 10.2. The van der Waals surface area contributed by atoms with Crippen LogP contribution in [0.3, 0.4) is 0 Å². The van der Waals surface area contributed by atoms with Gasteiger partial charge in [-0.1, -0.05) is 11.6 Å². The van der Waals surface area contributed by atoms with E-state index in [0.29, 0.717) is 23.5 Å². The highest BCUT2D eigenvalue weighted by Gasteiger charge is 2.47. The van der Waals surface area contributed by atoms with Gasteiger partial charge >= 0.3 is 0 Å². The first kappa shape index (κ1) is 19.3. The number of hydrogen-bond acceptors (Lipinski definition) is 7. The number of halogens is 1. The molecule has 5 rings (SSSR count). The minimum atomic E-state index is -0.729. The number of piperidine rings is 1. The number of anilines is 3. The van der Waals surface area contributed by atoms with Crippen LogP contribution in [0.15, 0.2) is 17.2 Å². The molecular formula is C20H24ClN7O2. The number of likely N-dealkylation sites (tertiary alicyclic amines) is 1. The number of aryl methyl sites for hydroxylation is 1. The molecule has 0 radical (unpaired) electrons. The summed E-state index contributed by atoms with van der Waals surface area (Å²) in [6.45, 7) is 4.47. The van der Waals surface area contributed by atoms with Crippen LogP contribution in [0.5, 0.6) is 0 Å². The van der Waals surface area contributed by atoms with Crippen molar-refractivity contribution in [1.82, 2.24) is 24.8 Å². The molecule has 1 spiro atoms. The second-order valence-corrected chi connectivity index (χ2v) is 8.92. The number of nitrogen functional groups attached to an aromatic ring is 1. The third kappa shape index (κ3) is 3.13. The normalized spacial score (nSPS) is 23.5. The molecule has 1 atom stereocenters. The van der Waals surface area contributed by atoms with E-state index in [1.54, 1.807) is 10.6 Å². The quantitative estimate of drug-likeness (QED) is 0.678. The van der Waals surface area contributed by atoms with E-state index in [0.717, 1.165) is 31.8 Å². The summed E-state index contributed by atoms with van der Waals surface area (Å²) in [5.41, 5.74) is 6.18. The third-order valence-corrected chi connectivity index (χ3v) is 6.59. The number of fused-ring (bicyclic) bond motifs is 2. The second-order valence-electron chi connectivity index (χ2n) is 8.54. The average molecular weight is 430 g/mol. The Balaban J connectivity index is 1.57. The van der Waals surface area contributed by atoms with E-state index in [9.17, 15) is 9.59 Å². The van der Waals surface area contributed by atoms with Gasteiger partial charge in [-0.15, -0.1) is 0 Å². The zero-order chi connectivity index (χ0) is 21.0. The van der Waals surface area contributed by atoms with Crippen LogP contribution < -0.4 is 21.9 Å². The van der Waals surface area contributed by atoms with Gasteiger partial charge in [0.25, 0.3) is 11.5 Å². The highest BCUT2D eigenvalue weighted by molar-refractivity contribution is 6.35. The number of hydrogen-bond donors (Lipinski definition) is 3. The summed E-state index contributed by atoms with van der Waals surface area (Å²) in [7, 11) is 0. The molecular weight excluding hydrogens is 406 g/mol. The fourth-order valence-corrected chi connectivity index (χ4v) is 4.82. The van der Waals surface area contributed by atoms with Gasteiger partial charge in [-0.3, -0.25) is 19.1 Å². The molecule has 2 fully saturated rings. The molecule has 1 saturated carbocycles. The zero-order valence-corrected chi connectivity index (χ0v) is 17.5. The van der Waals surface area contributed by atoms with Crippen molar-refractivity contribution < 1.29 is 4.79 Å². The average Bonchev–Trinajstić information content (AvgIpc) is 3.46. The van der Waals surface area contributed by atoms with Gasteiger partial charge in [0.1, 0.15) is 34.2 Å². The summed E-state index contributed by atoms with van der Waals surface area (Å²) in [6, 6.07) is 1.66. The molecule has 1 aliphatic carbocycles. The van der Waals surface area contributed by atoms with Crippen LogP contribution in [0, 0.1) is 12.8 Å². The van der Waals surface area contributed by atoms with Crippen molar-refractivity contribution in [1.29, 1.82) is 0 Å². The number of nitrogens with two attached hydrogens (primary N) is 1. The molecule has 1 unspecified atom stereocenters. The Bertz CT molecular complexity index is 1100. The molecule has 1 amide bonds. The lowest BCUT2D eigenvalue weighted by Crippen LogP contribution is -2.58. The number of carbonyl (C=O) groups is 1. The summed E-state index contributed by atoms with van der Waals surface area (Å²) in [6.07, 6.45) is 5.45. The maximum atomic E-state index is 13.5. The number of pyridine rings is 1. The number of nitrogens with one attached hydrogen (secondary N) is 2. The second kappa shape index (κ2) is 6.95. The molecule has 2 aromatic heterocycles. The first-order chi connectivity index (χ1) is 14.4. The topological polar surface area (TPSA) is 118 Å². The number of carbonyl (C=O) groups excluding carboxylic acids is 1. The van der Waals surface area contributed by atoms with Gasteiger partial charge in [-0.05, 0) is 56.7 Å². The lowest BCUT2D eigenvalue weighted by Gasteiger charge is -2.41. The van der Waals surface area contributed by atoms with E-state index in [4.69, 9.17) is 17.3 Å². The molecule has 0 bridgehead atoms. The lowest BCUT2D eigenvalue weighted by atomic mass is 9.97. The Morgan fingerprint density at radius 1 is 1.37 bits per heavy atom. The van der Waals surface area contributed by atoms with Crippen molar-refractivity contribution in [3.63, 3.8) is 0 Å². The lowest BCUT2D eigenvalue weighted by molar-refractivity contribution is 0.0653. The molecule has 30 heavy (non-hydrogen) atoms. The monoisotopic (exact) mass is 429 g/mol. The first-order valence-corrected chi connectivity index (χ1v) is 10.6. The Labute approximate surface area is 178 Å². The molecule has 2 aliphatic heterocycles. The smallest absolute Gasteiger partial charge is 0.276 e. The summed E-state index contributed by atoms with van der Waals surface area (Å²) in [5, 5.41) is 6.28. The van der Waals surface area contributed by atoms with E-state index in [1.807, 2.05) is 6.92 Å². The van der Waals surface area contributed by atoms with Gasteiger partial charge in [-0.2, -0.15) is 0 Å². The molecule has 3 aliphatic rings. The molecule has 4 N–H and O–H groups in total. The molecule has 1 saturated heterocycles. The van der Waals surface area contributed by atoms with Crippen LogP contribution in [0.25, 0.3) is 0 Å². The third-order valence-electron chi connectivity index (χ3n) is 6.21. The van der Waals surface area contributed by atoms with Crippen LogP contribution in [-0.2, 0) is 5.66 Å². The highest BCUT2D eigenvalue weighted by atomic mass is 35.5. The Morgan fingerprint density at radius 3 is 2.93 bits per heavy atom. The molecule has 4 heterocycles. The maximum absolute atomic E-state index is 13.5. The fraction of sp³-hybridized carbons (Fsp3) is 0.500. The van der Waals surface area contributed by atoms with Crippen LogP contribution in [0.4, 0.5) is 17.3 Å². The summed E-state index contributed by atoms with van der Waals surface area (Å²) < 4.78 is 1.64. The highest BCUT2D eigenvalue weighted by Crippen LogP contribution is 2.36. The summed E-state index contributed by atoms with van der Waals surface area (Å²) in [5.74, 6) is 0.928. The number of nitrogens with zero attached hydrogens (tertiary/aromatic N) is 4. The van der Waals surface area contributed by atoms with Crippen LogP contribution in [-0.4, -0.2) is 45.0 Å². The van der Waals surface area contributed by atoms with E-state index in [1.165, 1.54) is 19.2 Å². The largest absolute Gasteiger partial charge is 0.382 e. The van der Waals surface area contributed by atoms with Gasteiger partial charge in [0, 0.05) is 13.1 Å². The Hall–Kier alpha value is -2.65. The predicted molar refractivity (Wildman–Crippen MR) is 114 cm³/mol. The predicted octanol–water partition coefficient (Wildman–Crippen LogP) is 1.83. The minimum absolute atomic E-state index is 0.128. The van der Waals surface area contributed by atoms with E-state index in [2.05, 4.69) is 25.5 Å². The van der Waals surface area contributed by atoms with Gasteiger partial charge in [0.2, 0.25) is 0 Å². The SMILES string of the molecule is Cc1cc(Nc2ncnc(N)c2Cl)c(=O)n2c1C(=O)NC21CCCN(CC2CC2)C1. The van der Waals surface area contributed by atoms with E-state index >= 15 is 0 Å². The molecule has 9 nitrogen and oxygen atoms in total. The Morgan fingerprint density at radius 2 is 2.17 bits per heavy atom. The number of aromatic nitrogens is 3. The van der Waals surface area contributed by atoms with Crippen molar-refractivity contribution in [2.75, 3.05) is 30.7 Å². The number of rotatable bonds is 4.